The Hall–Kier alpha value is -2.55. The van der Waals surface area contributed by atoms with Gasteiger partial charge in [-0.2, -0.15) is 13.2 Å². The smallest absolute Gasteiger partial charge is 0.324 e. The quantitative estimate of drug-likeness (QED) is 0.837. The van der Waals surface area contributed by atoms with Crippen LogP contribution in [-0.2, 0) is 18.0 Å². The molecule has 146 valence electrons. The molecule has 0 saturated carbocycles. The van der Waals surface area contributed by atoms with Gasteiger partial charge in [0.15, 0.2) is 0 Å². The van der Waals surface area contributed by atoms with E-state index in [-0.39, 0.29) is 16.4 Å². The normalized spacial score (nSPS) is 12.1. The Bertz CT molecular complexity index is 1020. The summed E-state index contributed by atoms with van der Waals surface area (Å²) < 4.78 is 39.9. The number of rotatable bonds is 2. The highest BCUT2D eigenvalue weighted by atomic mass is 35.5. The SMILES string of the molecule is Cn1c(C(F)(F)F)cc(=O)n(-c2cc(Cl)ccc2NC(=O)C(C)(C)C)c1=O. The summed E-state index contributed by atoms with van der Waals surface area (Å²) in [5, 5.41) is 2.70. The Balaban J connectivity index is 2.75. The van der Waals surface area contributed by atoms with Crippen LogP contribution in [-0.4, -0.2) is 15.0 Å². The van der Waals surface area contributed by atoms with Crippen LogP contribution in [0.2, 0.25) is 5.02 Å². The molecule has 0 unspecified atom stereocenters. The van der Waals surface area contributed by atoms with Crippen molar-refractivity contribution in [3.63, 3.8) is 0 Å². The molecule has 6 nitrogen and oxygen atoms in total. The van der Waals surface area contributed by atoms with Crippen LogP contribution in [0.1, 0.15) is 26.5 Å². The molecule has 0 bridgehead atoms. The van der Waals surface area contributed by atoms with Crippen molar-refractivity contribution in [3.8, 4) is 5.69 Å². The Labute approximate surface area is 157 Å². The summed E-state index contributed by atoms with van der Waals surface area (Å²) >= 11 is 5.92. The molecule has 2 rings (SSSR count). The number of nitrogens with one attached hydrogen (secondary N) is 1. The first-order chi connectivity index (χ1) is 12.2. The standard InChI is InChI=1S/C17H17ClF3N3O3/c1-16(2,3)14(26)22-10-6-5-9(18)7-11(10)24-13(25)8-12(17(19,20)21)23(4)15(24)27/h5-8H,1-4H3,(H,22,26). The first-order valence-corrected chi connectivity index (χ1v) is 8.13. The minimum absolute atomic E-state index is 0.0679. The minimum Gasteiger partial charge on any atom is -0.324 e. The molecule has 1 amide bonds. The zero-order valence-electron chi connectivity index (χ0n) is 14.9. The van der Waals surface area contributed by atoms with Gasteiger partial charge in [-0.3, -0.25) is 14.2 Å². The number of halogens is 4. The van der Waals surface area contributed by atoms with Crippen LogP contribution in [0.4, 0.5) is 18.9 Å². The van der Waals surface area contributed by atoms with Crippen molar-refractivity contribution in [2.45, 2.75) is 26.9 Å². The monoisotopic (exact) mass is 403 g/mol. The summed E-state index contributed by atoms with van der Waals surface area (Å²) in [6.45, 7) is 4.96. The van der Waals surface area contributed by atoms with Crippen molar-refractivity contribution in [3.05, 3.63) is 55.8 Å². The molecule has 0 spiro atoms. The molecule has 2 aromatic rings. The minimum atomic E-state index is -4.87. The van der Waals surface area contributed by atoms with E-state index in [0.29, 0.717) is 15.2 Å². The van der Waals surface area contributed by atoms with Gasteiger partial charge in [0.2, 0.25) is 5.91 Å². The Morgan fingerprint density at radius 3 is 2.22 bits per heavy atom. The van der Waals surface area contributed by atoms with Crippen molar-refractivity contribution in [1.82, 2.24) is 9.13 Å². The second kappa shape index (κ2) is 6.88. The zero-order chi connectivity index (χ0) is 20.7. The van der Waals surface area contributed by atoms with E-state index < -0.39 is 34.4 Å². The van der Waals surface area contributed by atoms with Crippen LogP contribution in [0, 0.1) is 5.41 Å². The molecule has 0 aliphatic carbocycles. The summed E-state index contributed by atoms with van der Waals surface area (Å²) in [7, 11) is 0.902. The Morgan fingerprint density at radius 2 is 1.70 bits per heavy atom. The Kier molecular flexibility index (Phi) is 5.29. The van der Waals surface area contributed by atoms with Crippen molar-refractivity contribution >= 4 is 23.2 Å². The van der Waals surface area contributed by atoms with Gasteiger partial charge in [-0.05, 0) is 18.2 Å². The van der Waals surface area contributed by atoms with Crippen LogP contribution >= 0.6 is 11.6 Å². The van der Waals surface area contributed by atoms with E-state index in [4.69, 9.17) is 11.6 Å². The van der Waals surface area contributed by atoms with Crippen molar-refractivity contribution in [2.24, 2.45) is 12.5 Å². The van der Waals surface area contributed by atoms with E-state index in [0.717, 1.165) is 7.05 Å². The van der Waals surface area contributed by atoms with E-state index in [1.54, 1.807) is 20.8 Å². The number of amides is 1. The highest BCUT2D eigenvalue weighted by Crippen LogP contribution is 2.28. The molecule has 1 heterocycles. The van der Waals surface area contributed by atoms with Gasteiger partial charge in [0.05, 0.1) is 11.4 Å². The molecule has 0 aliphatic heterocycles. The number of alkyl halides is 3. The van der Waals surface area contributed by atoms with Gasteiger partial charge in [0.1, 0.15) is 5.69 Å². The highest BCUT2D eigenvalue weighted by molar-refractivity contribution is 6.31. The maximum atomic E-state index is 13.0. The van der Waals surface area contributed by atoms with Gasteiger partial charge >= 0.3 is 11.9 Å². The molecule has 1 aromatic heterocycles. The highest BCUT2D eigenvalue weighted by Gasteiger charge is 2.35. The molecule has 0 fully saturated rings. The molecule has 10 heteroatoms. The lowest BCUT2D eigenvalue weighted by atomic mass is 9.95. The van der Waals surface area contributed by atoms with Crippen LogP contribution in [0.25, 0.3) is 5.69 Å². The van der Waals surface area contributed by atoms with E-state index >= 15 is 0 Å². The van der Waals surface area contributed by atoms with Gasteiger partial charge in [0, 0.05) is 23.6 Å². The number of carbonyl (C=O) groups excluding carboxylic acids is 1. The molecule has 0 aliphatic rings. The van der Waals surface area contributed by atoms with Crippen LogP contribution < -0.4 is 16.6 Å². The van der Waals surface area contributed by atoms with Gasteiger partial charge in [-0.25, -0.2) is 9.36 Å². The third-order valence-electron chi connectivity index (χ3n) is 3.74. The molecule has 0 atom stereocenters. The fraction of sp³-hybridized carbons (Fsp3) is 0.353. The lowest BCUT2D eigenvalue weighted by Crippen LogP contribution is -2.41. The maximum Gasteiger partial charge on any atom is 0.431 e. The average molecular weight is 404 g/mol. The van der Waals surface area contributed by atoms with E-state index in [1.807, 2.05) is 0 Å². The third-order valence-corrected chi connectivity index (χ3v) is 3.98. The lowest BCUT2D eigenvalue weighted by Gasteiger charge is -2.20. The molecule has 1 aromatic carbocycles. The van der Waals surface area contributed by atoms with E-state index in [2.05, 4.69) is 5.32 Å². The summed E-state index contributed by atoms with van der Waals surface area (Å²) in [6.07, 6.45) is -4.87. The summed E-state index contributed by atoms with van der Waals surface area (Å²) in [6, 6.07) is 4.32. The molecular formula is C17H17ClF3N3O3. The van der Waals surface area contributed by atoms with Crippen molar-refractivity contribution in [1.29, 1.82) is 0 Å². The number of hydrogen-bond acceptors (Lipinski definition) is 3. The summed E-state index contributed by atoms with van der Waals surface area (Å²) in [5.41, 5.74) is -4.64. The van der Waals surface area contributed by atoms with Crippen molar-refractivity contribution < 1.29 is 18.0 Å². The van der Waals surface area contributed by atoms with Crippen molar-refractivity contribution in [2.75, 3.05) is 5.32 Å². The molecule has 0 saturated heterocycles. The van der Waals surface area contributed by atoms with Crippen LogP contribution in [0.5, 0.6) is 0 Å². The van der Waals surface area contributed by atoms with Gasteiger partial charge in [-0.1, -0.05) is 32.4 Å². The van der Waals surface area contributed by atoms with E-state index in [1.165, 1.54) is 18.2 Å². The van der Waals surface area contributed by atoms with Gasteiger partial charge < -0.3 is 5.32 Å². The number of anilines is 1. The summed E-state index contributed by atoms with van der Waals surface area (Å²) in [4.78, 5) is 37.0. The number of aromatic nitrogens is 2. The number of benzene rings is 1. The third kappa shape index (κ3) is 4.24. The first-order valence-electron chi connectivity index (χ1n) is 7.75. The average Bonchev–Trinajstić information content (AvgIpc) is 2.51. The van der Waals surface area contributed by atoms with E-state index in [9.17, 15) is 27.6 Å². The zero-order valence-corrected chi connectivity index (χ0v) is 15.7. The molecule has 0 radical (unpaired) electrons. The second-order valence-corrected chi connectivity index (χ2v) is 7.34. The fourth-order valence-electron chi connectivity index (χ4n) is 2.22. The second-order valence-electron chi connectivity index (χ2n) is 6.91. The molecular weight excluding hydrogens is 387 g/mol. The van der Waals surface area contributed by atoms with Crippen LogP contribution in [0.15, 0.2) is 33.9 Å². The lowest BCUT2D eigenvalue weighted by molar-refractivity contribution is -0.144. The molecule has 27 heavy (non-hydrogen) atoms. The fourth-order valence-corrected chi connectivity index (χ4v) is 2.39. The predicted molar refractivity (Wildman–Crippen MR) is 95.4 cm³/mol. The topological polar surface area (TPSA) is 73.1 Å². The Morgan fingerprint density at radius 1 is 1.11 bits per heavy atom. The maximum absolute atomic E-state index is 13.0. The van der Waals surface area contributed by atoms with Crippen LogP contribution in [0.3, 0.4) is 0 Å². The number of nitrogens with zero attached hydrogens (tertiary/aromatic N) is 2. The van der Waals surface area contributed by atoms with Gasteiger partial charge in [0.25, 0.3) is 5.56 Å². The van der Waals surface area contributed by atoms with Gasteiger partial charge in [-0.15, -0.1) is 0 Å². The summed E-state index contributed by atoms with van der Waals surface area (Å²) in [5.74, 6) is -0.414. The first kappa shape index (κ1) is 20.8. The number of hydrogen-bond donors (Lipinski definition) is 1. The largest absolute Gasteiger partial charge is 0.431 e. The number of carbonyl (C=O) groups is 1. The predicted octanol–water partition coefficient (Wildman–Crippen LogP) is 3.19. The molecule has 1 N–H and O–H groups in total.